The Morgan fingerprint density at radius 2 is 1.76 bits per heavy atom. The molecule has 37 heavy (non-hydrogen) atoms. The minimum Gasteiger partial charge on any atom is -0.480 e. The second-order valence-corrected chi connectivity index (χ2v) is 12.8. The zero-order valence-corrected chi connectivity index (χ0v) is 24.2. The molecule has 0 spiro atoms. The molecule has 4 unspecified atom stereocenters. The Morgan fingerprint density at radius 1 is 1.14 bits per heavy atom. The molecule has 6 amide bonds. The number of fused-ring (bicyclic) bond motifs is 1. The fourth-order valence-electron chi connectivity index (χ4n) is 4.54. The predicted molar refractivity (Wildman–Crippen MR) is 133 cm³/mol. The number of hydrogen-bond donors (Lipinski definition) is 3. The average Bonchev–Trinajstić information content (AvgIpc) is 3.31. The van der Waals surface area contributed by atoms with E-state index < -0.39 is 68.1 Å². The molecule has 4 rings (SSSR count). The number of benzene rings is 1. The van der Waals surface area contributed by atoms with Crippen molar-refractivity contribution < 1.29 is 37.5 Å². The van der Waals surface area contributed by atoms with E-state index in [2.05, 4.69) is 10.6 Å². The summed E-state index contributed by atoms with van der Waals surface area (Å²) in [6, 6.07) is 2.76. The van der Waals surface area contributed by atoms with E-state index >= 15 is 0 Å². The predicted octanol–water partition coefficient (Wildman–Crippen LogP) is -0.615. The minimum atomic E-state index is -3.87. The Bertz CT molecular complexity index is 1240. The monoisotopic (exact) mass is 562 g/mol. The second kappa shape index (κ2) is 10.4. The van der Waals surface area contributed by atoms with Crippen molar-refractivity contribution in [1.82, 2.24) is 24.7 Å². The van der Waals surface area contributed by atoms with E-state index in [-0.39, 0.29) is 42.6 Å². The van der Waals surface area contributed by atoms with E-state index in [0.717, 1.165) is 6.26 Å². The third kappa shape index (κ3) is 5.32. The topological polar surface area (TPSA) is 173 Å². The third-order valence-electron chi connectivity index (χ3n) is 6.25. The van der Waals surface area contributed by atoms with E-state index in [4.69, 9.17) is 0 Å². The summed E-state index contributed by atoms with van der Waals surface area (Å²) in [5, 5.41) is 14.0. The normalized spacial score (nSPS) is 25.1. The molecular weight excluding hydrogens is 537 g/mol. The number of urea groups is 2. The van der Waals surface area contributed by atoms with E-state index in [9.17, 15) is 37.5 Å². The number of amides is 6. The molecule has 13 nitrogen and oxygen atoms in total. The van der Waals surface area contributed by atoms with Gasteiger partial charge in [0.15, 0.2) is 0 Å². The van der Waals surface area contributed by atoms with Crippen molar-refractivity contribution in [2.24, 2.45) is 0 Å². The maximum atomic E-state index is 13.3. The van der Waals surface area contributed by atoms with Crippen LogP contribution < -0.4 is 10.6 Å². The number of aliphatic carboxylic acids is 1. The zero-order valence-electron chi connectivity index (χ0n) is 20.6. The number of rotatable bonds is 6. The first-order valence-corrected chi connectivity index (χ1v) is 13.6. The summed E-state index contributed by atoms with van der Waals surface area (Å²) in [5.74, 6) is -2.42. The standard InChI is InChI=1S/C21H25N5O8S2.Na/c1-21(2)14(18(29)30)26-16(28)13(17(26)35-21)22-15(27)12(11-7-5-4-6-8-11)23-19(31)24-9-10-25(20(24)32)36(3,33)34;/h4-8,12-14,17H,9-10H2,1-3H3,(H,22,27)(H,23,31)(H,29,30);. The molecule has 195 valence electrons. The van der Waals surface area contributed by atoms with Crippen molar-refractivity contribution in [3.8, 4) is 0 Å². The number of carbonyl (C=O) groups excluding carboxylic acids is 4. The summed E-state index contributed by atoms with van der Waals surface area (Å²) in [4.78, 5) is 65.0. The van der Waals surface area contributed by atoms with E-state index in [1.54, 1.807) is 44.2 Å². The van der Waals surface area contributed by atoms with Crippen molar-refractivity contribution in [3.05, 3.63) is 35.9 Å². The number of imide groups is 1. The van der Waals surface area contributed by atoms with Gasteiger partial charge in [-0.2, -0.15) is 0 Å². The molecule has 0 aromatic heterocycles. The van der Waals surface area contributed by atoms with Gasteiger partial charge in [-0.3, -0.25) is 9.59 Å². The Balaban J connectivity index is 0.00000380. The van der Waals surface area contributed by atoms with Gasteiger partial charge >= 0.3 is 18.0 Å². The molecule has 16 heteroatoms. The van der Waals surface area contributed by atoms with Crippen LogP contribution in [0.1, 0.15) is 25.5 Å². The Hall–Kier alpha value is -2.33. The van der Waals surface area contributed by atoms with Gasteiger partial charge in [-0.15, -0.1) is 11.8 Å². The Labute approximate surface area is 239 Å². The fourth-order valence-corrected chi connectivity index (χ4v) is 6.96. The van der Waals surface area contributed by atoms with Crippen molar-refractivity contribution in [1.29, 1.82) is 0 Å². The van der Waals surface area contributed by atoms with Crippen LogP contribution in [-0.2, 0) is 24.4 Å². The number of thioether (sulfide) groups is 1. The van der Waals surface area contributed by atoms with Gasteiger partial charge in [0, 0.05) is 34.3 Å². The van der Waals surface area contributed by atoms with Gasteiger partial charge in [0.25, 0.3) is 0 Å². The summed E-state index contributed by atoms with van der Waals surface area (Å²) < 4.78 is 23.3. The van der Waals surface area contributed by atoms with Gasteiger partial charge in [0.1, 0.15) is 23.5 Å². The number of sulfonamides is 1. The zero-order chi connectivity index (χ0) is 26.6. The molecule has 3 heterocycles. The van der Waals surface area contributed by atoms with Crippen LogP contribution in [0.4, 0.5) is 9.59 Å². The van der Waals surface area contributed by atoms with E-state index in [0.29, 0.717) is 14.8 Å². The molecule has 0 saturated carbocycles. The van der Waals surface area contributed by atoms with Crippen molar-refractivity contribution in [2.75, 3.05) is 19.3 Å². The first kappa shape index (κ1) is 29.2. The summed E-state index contributed by atoms with van der Waals surface area (Å²) >= 11 is 1.26. The number of hydrogen-bond acceptors (Lipinski definition) is 8. The second-order valence-electron chi connectivity index (χ2n) is 9.15. The molecule has 0 bridgehead atoms. The van der Waals surface area contributed by atoms with Gasteiger partial charge in [0.2, 0.25) is 21.8 Å². The van der Waals surface area contributed by atoms with Gasteiger partial charge in [0.05, 0.1) is 19.3 Å². The SMILES string of the molecule is CC1(C)SC2C(NC(=O)C(NC(=O)N3CCN(S(C)(=O)=O)C3=O)c3ccccc3)C(=O)N2C1C(=O)O.[Na]. The van der Waals surface area contributed by atoms with Crippen LogP contribution in [0.2, 0.25) is 0 Å². The average molecular weight is 563 g/mol. The molecular formula is C21H25N5NaO8S2. The molecule has 1 aromatic rings. The number of nitrogens with zero attached hydrogens (tertiary/aromatic N) is 3. The van der Waals surface area contributed by atoms with Crippen LogP contribution in [0.3, 0.4) is 0 Å². The van der Waals surface area contributed by atoms with Crippen LogP contribution in [-0.4, -0.2) is 129 Å². The molecule has 1 radical (unpaired) electrons. The first-order chi connectivity index (χ1) is 16.7. The molecule has 3 aliphatic rings. The van der Waals surface area contributed by atoms with Crippen LogP contribution in [0, 0.1) is 0 Å². The third-order valence-corrected chi connectivity index (χ3v) is 8.96. The molecule has 4 atom stereocenters. The number of carbonyl (C=O) groups is 5. The number of carboxylic acids is 1. The maximum Gasteiger partial charge on any atom is 0.341 e. The van der Waals surface area contributed by atoms with Gasteiger partial charge in [-0.1, -0.05) is 30.3 Å². The van der Waals surface area contributed by atoms with Crippen molar-refractivity contribution in [2.45, 2.75) is 42.1 Å². The minimum absolute atomic E-state index is 0. The molecule has 3 N–H and O–H groups in total. The smallest absolute Gasteiger partial charge is 0.341 e. The number of carboxylic acid groups (broad SMARTS) is 1. The first-order valence-electron chi connectivity index (χ1n) is 10.9. The van der Waals surface area contributed by atoms with Gasteiger partial charge < -0.3 is 20.6 Å². The quantitative estimate of drug-likeness (QED) is 0.302. The van der Waals surface area contributed by atoms with Gasteiger partial charge in [-0.05, 0) is 19.4 Å². The van der Waals surface area contributed by atoms with Crippen molar-refractivity contribution >= 4 is 81.2 Å². The van der Waals surface area contributed by atoms with E-state index in [1.807, 2.05) is 0 Å². The van der Waals surface area contributed by atoms with Crippen LogP contribution in [0.25, 0.3) is 0 Å². The van der Waals surface area contributed by atoms with Gasteiger partial charge in [-0.25, -0.2) is 32.0 Å². The Morgan fingerprint density at radius 3 is 2.30 bits per heavy atom. The summed E-state index contributed by atoms with van der Waals surface area (Å²) in [7, 11) is -3.87. The van der Waals surface area contributed by atoms with Crippen LogP contribution in [0.15, 0.2) is 30.3 Å². The molecule has 3 fully saturated rings. The molecule has 1 aromatic carbocycles. The van der Waals surface area contributed by atoms with Crippen LogP contribution in [0.5, 0.6) is 0 Å². The molecule has 3 saturated heterocycles. The number of nitrogens with one attached hydrogen (secondary N) is 2. The molecule has 3 aliphatic heterocycles. The fraction of sp³-hybridized carbons (Fsp3) is 0.476. The summed E-state index contributed by atoms with van der Waals surface area (Å²) in [6.07, 6.45) is 0.850. The Kier molecular flexibility index (Phi) is 8.25. The molecule has 0 aliphatic carbocycles. The number of β-lactam (4-membered cyclic amide) rings is 1. The maximum absolute atomic E-state index is 13.3. The van der Waals surface area contributed by atoms with Crippen molar-refractivity contribution in [3.63, 3.8) is 0 Å². The van der Waals surface area contributed by atoms with E-state index in [1.165, 1.54) is 16.7 Å². The summed E-state index contributed by atoms with van der Waals surface area (Å²) in [6.45, 7) is 3.02. The summed E-state index contributed by atoms with van der Waals surface area (Å²) in [5.41, 5.74) is 0.362. The van der Waals surface area contributed by atoms with Crippen LogP contribution >= 0.6 is 11.8 Å². The largest absolute Gasteiger partial charge is 0.480 e.